The van der Waals surface area contributed by atoms with Crippen molar-refractivity contribution >= 4 is 15.9 Å². The summed E-state index contributed by atoms with van der Waals surface area (Å²) in [6.07, 6.45) is 7.42. The lowest BCUT2D eigenvalue weighted by molar-refractivity contribution is 0.593. The highest BCUT2D eigenvalue weighted by molar-refractivity contribution is 7.90. The molecule has 0 radical (unpaired) electrons. The lowest BCUT2D eigenvalue weighted by Crippen LogP contribution is -2.07. The van der Waals surface area contributed by atoms with Crippen molar-refractivity contribution in [3.63, 3.8) is 0 Å². The van der Waals surface area contributed by atoms with Crippen LogP contribution >= 0.6 is 0 Å². The first-order chi connectivity index (χ1) is 10.4. The Labute approximate surface area is 129 Å². The third kappa shape index (κ3) is 2.78. The van der Waals surface area contributed by atoms with Gasteiger partial charge in [-0.05, 0) is 25.2 Å². The zero-order valence-electron chi connectivity index (χ0n) is 12.5. The molecule has 1 saturated carbocycles. The molecule has 0 bridgehead atoms. The van der Waals surface area contributed by atoms with Crippen molar-refractivity contribution in [2.75, 3.05) is 6.26 Å². The minimum atomic E-state index is -3.49. The summed E-state index contributed by atoms with van der Waals surface area (Å²) in [7, 11) is -1.65. The van der Waals surface area contributed by atoms with E-state index < -0.39 is 9.84 Å². The molecule has 2 heterocycles. The summed E-state index contributed by atoms with van der Waals surface area (Å²) in [5.41, 5.74) is 2.68. The molecule has 2 aromatic heterocycles. The predicted octanol–water partition coefficient (Wildman–Crippen LogP) is 1.27. The van der Waals surface area contributed by atoms with Gasteiger partial charge in [-0.3, -0.25) is 4.68 Å². The van der Waals surface area contributed by atoms with E-state index in [0.717, 1.165) is 18.4 Å². The molecule has 116 valence electrons. The SMILES string of the molecule is C=Cc1cnc(S(C)(=O)=O)nc1-c1nnn(C)c1CC1CC1. The second-order valence-electron chi connectivity index (χ2n) is 5.59. The number of aromatic nitrogens is 5. The lowest BCUT2D eigenvalue weighted by atomic mass is 10.1. The van der Waals surface area contributed by atoms with Gasteiger partial charge in [-0.25, -0.2) is 18.4 Å². The standard InChI is InChI=1S/C14H17N5O2S/c1-4-10-8-15-14(22(3,20)21)16-12(10)13-11(7-9-5-6-9)19(2)18-17-13/h4,8-9H,1,5-7H2,2-3H3. The van der Waals surface area contributed by atoms with Crippen molar-refractivity contribution < 1.29 is 8.42 Å². The van der Waals surface area contributed by atoms with Crippen LogP contribution in [0.3, 0.4) is 0 Å². The van der Waals surface area contributed by atoms with Crippen molar-refractivity contribution in [1.29, 1.82) is 0 Å². The number of sulfone groups is 1. The molecule has 1 aliphatic rings. The van der Waals surface area contributed by atoms with E-state index in [0.29, 0.717) is 22.9 Å². The Bertz CT molecular complexity index is 837. The smallest absolute Gasteiger partial charge is 0.247 e. The summed E-state index contributed by atoms with van der Waals surface area (Å²) in [6.45, 7) is 3.73. The van der Waals surface area contributed by atoms with Crippen LogP contribution in [0.25, 0.3) is 17.5 Å². The summed E-state index contributed by atoms with van der Waals surface area (Å²) >= 11 is 0. The first-order valence-corrected chi connectivity index (χ1v) is 8.87. The first kappa shape index (κ1) is 14.8. The number of rotatable bonds is 5. The Morgan fingerprint density at radius 1 is 1.41 bits per heavy atom. The van der Waals surface area contributed by atoms with Crippen molar-refractivity contribution in [1.82, 2.24) is 25.0 Å². The maximum atomic E-state index is 11.7. The molecule has 8 heteroatoms. The van der Waals surface area contributed by atoms with Crippen LogP contribution < -0.4 is 0 Å². The Morgan fingerprint density at radius 3 is 2.73 bits per heavy atom. The minimum Gasteiger partial charge on any atom is -0.252 e. The number of hydrogen-bond acceptors (Lipinski definition) is 6. The van der Waals surface area contributed by atoms with Crippen LogP contribution in [0.4, 0.5) is 0 Å². The van der Waals surface area contributed by atoms with Gasteiger partial charge in [0, 0.05) is 25.1 Å². The van der Waals surface area contributed by atoms with Gasteiger partial charge in [0.25, 0.3) is 0 Å². The summed E-state index contributed by atoms with van der Waals surface area (Å²) < 4.78 is 25.1. The Hall–Kier alpha value is -2.09. The maximum Gasteiger partial charge on any atom is 0.247 e. The van der Waals surface area contributed by atoms with Crippen molar-refractivity contribution in [2.24, 2.45) is 13.0 Å². The first-order valence-electron chi connectivity index (χ1n) is 6.98. The highest BCUT2D eigenvalue weighted by atomic mass is 32.2. The summed E-state index contributed by atoms with van der Waals surface area (Å²) in [5.74, 6) is 0.652. The van der Waals surface area contributed by atoms with E-state index in [2.05, 4.69) is 26.9 Å². The van der Waals surface area contributed by atoms with Gasteiger partial charge in [0.1, 0.15) is 11.4 Å². The lowest BCUT2D eigenvalue weighted by Gasteiger charge is -2.07. The van der Waals surface area contributed by atoms with Crippen LogP contribution in [-0.2, 0) is 23.3 Å². The van der Waals surface area contributed by atoms with Crippen LogP contribution in [0, 0.1) is 5.92 Å². The molecule has 1 aliphatic carbocycles. The van der Waals surface area contributed by atoms with Crippen LogP contribution in [0.5, 0.6) is 0 Å². The number of nitrogens with zero attached hydrogens (tertiary/aromatic N) is 5. The molecule has 0 aromatic carbocycles. The minimum absolute atomic E-state index is 0.212. The molecule has 0 N–H and O–H groups in total. The molecule has 0 aliphatic heterocycles. The maximum absolute atomic E-state index is 11.7. The van der Waals surface area contributed by atoms with E-state index in [9.17, 15) is 8.42 Å². The van der Waals surface area contributed by atoms with E-state index >= 15 is 0 Å². The van der Waals surface area contributed by atoms with Gasteiger partial charge in [0.15, 0.2) is 0 Å². The molecule has 22 heavy (non-hydrogen) atoms. The highest BCUT2D eigenvalue weighted by Gasteiger charge is 2.27. The molecule has 7 nitrogen and oxygen atoms in total. The molecule has 0 amide bonds. The third-order valence-electron chi connectivity index (χ3n) is 3.69. The van der Waals surface area contributed by atoms with E-state index in [-0.39, 0.29) is 5.16 Å². The average molecular weight is 319 g/mol. The number of aryl methyl sites for hydroxylation is 1. The van der Waals surface area contributed by atoms with E-state index in [1.54, 1.807) is 10.8 Å². The van der Waals surface area contributed by atoms with Crippen molar-refractivity contribution in [3.8, 4) is 11.4 Å². The summed E-state index contributed by atoms with van der Waals surface area (Å²) in [4.78, 5) is 8.09. The fourth-order valence-electron chi connectivity index (χ4n) is 2.28. The van der Waals surface area contributed by atoms with Crippen LogP contribution in [0.2, 0.25) is 0 Å². The van der Waals surface area contributed by atoms with E-state index in [1.165, 1.54) is 19.0 Å². The third-order valence-corrected chi connectivity index (χ3v) is 4.55. The van der Waals surface area contributed by atoms with Crippen molar-refractivity contribution in [2.45, 2.75) is 24.4 Å². The van der Waals surface area contributed by atoms with Gasteiger partial charge in [-0.1, -0.05) is 17.9 Å². The van der Waals surface area contributed by atoms with Gasteiger partial charge < -0.3 is 0 Å². The fourth-order valence-corrected chi connectivity index (χ4v) is 2.78. The molecule has 0 unspecified atom stereocenters. The molecule has 0 atom stereocenters. The molecule has 0 spiro atoms. The molecule has 2 aromatic rings. The summed E-state index contributed by atoms with van der Waals surface area (Å²) in [6, 6.07) is 0. The van der Waals surface area contributed by atoms with Crippen LogP contribution in [0.15, 0.2) is 17.9 Å². The zero-order chi connectivity index (χ0) is 15.9. The molecular weight excluding hydrogens is 302 g/mol. The Balaban J connectivity index is 2.16. The molecule has 0 saturated heterocycles. The monoisotopic (exact) mass is 319 g/mol. The molecular formula is C14H17N5O2S. The fraction of sp³-hybridized carbons (Fsp3) is 0.429. The zero-order valence-corrected chi connectivity index (χ0v) is 13.3. The van der Waals surface area contributed by atoms with Crippen molar-refractivity contribution in [3.05, 3.63) is 24.0 Å². The summed E-state index contributed by atoms with van der Waals surface area (Å²) in [5, 5.41) is 8.03. The second kappa shape index (κ2) is 5.28. The average Bonchev–Trinajstić information content (AvgIpc) is 3.22. The van der Waals surface area contributed by atoms with Crippen LogP contribution in [-0.4, -0.2) is 39.6 Å². The molecule has 3 rings (SSSR count). The van der Waals surface area contributed by atoms with Gasteiger partial charge in [-0.15, -0.1) is 5.10 Å². The highest BCUT2D eigenvalue weighted by Crippen LogP contribution is 2.35. The quantitative estimate of drug-likeness (QED) is 0.771. The normalized spacial score (nSPS) is 15.0. The van der Waals surface area contributed by atoms with Gasteiger partial charge >= 0.3 is 0 Å². The number of hydrogen-bond donors (Lipinski definition) is 0. The Kier molecular flexibility index (Phi) is 3.56. The Morgan fingerprint density at radius 2 is 2.14 bits per heavy atom. The van der Waals surface area contributed by atoms with Crippen LogP contribution in [0.1, 0.15) is 24.1 Å². The van der Waals surface area contributed by atoms with E-state index in [4.69, 9.17) is 0 Å². The van der Waals surface area contributed by atoms with Gasteiger partial charge in [-0.2, -0.15) is 0 Å². The van der Waals surface area contributed by atoms with Gasteiger partial charge in [0.2, 0.25) is 15.0 Å². The van der Waals surface area contributed by atoms with E-state index in [1.807, 2.05) is 7.05 Å². The predicted molar refractivity (Wildman–Crippen MR) is 81.7 cm³/mol. The van der Waals surface area contributed by atoms with Gasteiger partial charge in [0.05, 0.1) is 5.69 Å². The second-order valence-corrected chi connectivity index (χ2v) is 7.50. The topological polar surface area (TPSA) is 90.6 Å². The molecule has 1 fully saturated rings. The largest absolute Gasteiger partial charge is 0.252 e.